The Kier molecular flexibility index (Phi) is 5.26. The number of hydrogen-bond acceptors (Lipinski definition) is 4. The van der Waals surface area contributed by atoms with Crippen LogP contribution in [0.5, 0.6) is 11.5 Å². The summed E-state index contributed by atoms with van der Waals surface area (Å²) in [6.45, 7) is 9.86. The highest BCUT2D eigenvalue weighted by Crippen LogP contribution is 2.41. The first-order chi connectivity index (χ1) is 13.8. The predicted octanol–water partition coefficient (Wildman–Crippen LogP) is 4.23. The van der Waals surface area contributed by atoms with E-state index in [9.17, 15) is 4.79 Å². The van der Waals surface area contributed by atoms with Crippen LogP contribution < -0.4 is 9.47 Å². The summed E-state index contributed by atoms with van der Waals surface area (Å²) in [5, 5.41) is 0. The molecule has 2 aromatic carbocycles. The summed E-state index contributed by atoms with van der Waals surface area (Å²) in [4.78, 5) is 14.7. The van der Waals surface area contributed by atoms with E-state index in [1.165, 1.54) is 5.56 Å². The number of ether oxygens (including phenoxy) is 3. The van der Waals surface area contributed by atoms with Crippen molar-refractivity contribution < 1.29 is 19.0 Å². The van der Waals surface area contributed by atoms with Gasteiger partial charge in [0.1, 0.15) is 12.2 Å². The van der Waals surface area contributed by atoms with Crippen molar-refractivity contribution in [3.05, 3.63) is 59.2 Å². The molecule has 1 fully saturated rings. The highest BCUT2D eigenvalue weighted by molar-refractivity contribution is 5.94. The van der Waals surface area contributed by atoms with E-state index in [1.807, 2.05) is 55.1 Å². The van der Waals surface area contributed by atoms with E-state index in [2.05, 4.69) is 19.9 Å². The fourth-order valence-corrected chi connectivity index (χ4v) is 4.13. The molecule has 29 heavy (non-hydrogen) atoms. The molecule has 0 saturated carbocycles. The van der Waals surface area contributed by atoms with Crippen molar-refractivity contribution >= 4 is 5.91 Å². The van der Waals surface area contributed by atoms with Crippen LogP contribution in [0.1, 0.15) is 49.2 Å². The largest absolute Gasteiger partial charge is 0.485 e. The molecule has 1 amide bonds. The Balaban J connectivity index is 1.40. The number of benzene rings is 2. The van der Waals surface area contributed by atoms with Gasteiger partial charge in [-0.3, -0.25) is 4.79 Å². The minimum absolute atomic E-state index is 0.0518. The van der Waals surface area contributed by atoms with Gasteiger partial charge in [0.2, 0.25) is 0 Å². The minimum Gasteiger partial charge on any atom is -0.485 e. The molecule has 0 radical (unpaired) electrons. The van der Waals surface area contributed by atoms with Crippen molar-refractivity contribution in [3.63, 3.8) is 0 Å². The van der Waals surface area contributed by atoms with E-state index in [-0.39, 0.29) is 23.7 Å². The topological polar surface area (TPSA) is 48.0 Å². The number of amides is 1. The second-order valence-corrected chi connectivity index (χ2v) is 8.74. The zero-order valence-corrected chi connectivity index (χ0v) is 17.6. The van der Waals surface area contributed by atoms with E-state index >= 15 is 0 Å². The molecule has 0 unspecified atom stereocenters. The van der Waals surface area contributed by atoms with Gasteiger partial charge in [-0.05, 0) is 51.5 Å². The van der Waals surface area contributed by atoms with Gasteiger partial charge in [-0.25, -0.2) is 0 Å². The lowest BCUT2D eigenvalue weighted by Crippen LogP contribution is -2.48. The molecule has 4 rings (SSSR count). The van der Waals surface area contributed by atoms with Gasteiger partial charge >= 0.3 is 0 Å². The van der Waals surface area contributed by atoms with Gasteiger partial charge in [-0.1, -0.05) is 24.3 Å². The van der Waals surface area contributed by atoms with Gasteiger partial charge in [0, 0.05) is 30.6 Å². The molecule has 0 N–H and O–H groups in total. The van der Waals surface area contributed by atoms with Gasteiger partial charge in [-0.15, -0.1) is 0 Å². The van der Waals surface area contributed by atoms with Crippen LogP contribution in [0.15, 0.2) is 42.5 Å². The predicted molar refractivity (Wildman–Crippen MR) is 112 cm³/mol. The van der Waals surface area contributed by atoms with Crippen LogP contribution in [0, 0.1) is 0 Å². The molecule has 2 aliphatic rings. The number of carbonyl (C=O) groups is 1. The van der Waals surface area contributed by atoms with Crippen molar-refractivity contribution in [2.45, 2.75) is 58.5 Å². The summed E-state index contributed by atoms with van der Waals surface area (Å²) in [5.74, 6) is 1.67. The third kappa shape index (κ3) is 4.40. The van der Waals surface area contributed by atoms with Crippen molar-refractivity contribution in [1.29, 1.82) is 0 Å². The lowest BCUT2D eigenvalue weighted by molar-refractivity contribution is -0.0586. The Hall–Kier alpha value is -2.53. The number of fused-ring (bicyclic) bond motifs is 1. The molecule has 0 bridgehead atoms. The maximum Gasteiger partial charge on any atom is 0.254 e. The average molecular weight is 395 g/mol. The summed E-state index contributed by atoms with van der Waals surface area (Å²) in [5.41, 5.74) is 2.70. The molecule has 0 aliphatic carbocycles. The second-order valence-electron chi connectivity index (χ2n) is 8.74. The summed E-state index contributed by atoms with van der Waals surface area (Å²) in [6.07, 6.45) is 1.01. The van der Waals surface area contributed by atoms with Gasteiger partial charge < -0.3 is 19.1 Å². The summed E-state index contributed by atoms with van der Waals surface area (Å²) in [6, 6.07) is 13.7. The van der Waals surface area contributed by atoms with Crippen molar-refractivity contribution in [2.75, 3.05) is 13.1 Å². The molecule has 2 aromatic rings. The Morgan fingerprint density at radius 3 is 2.48 bits per heavy atom. The molecule has 2 atom stereocenters. The van der Waals surface area contributed by atoms with E-state index in [0.717, 1.165) is 23.5 Å². The summed E-state index contributed by atoms with van der Waals surface area (Å²) < 4.78 is 17.8. The number of rotatable bonds is 4. The van der Waals surface area contributed by atoms with Crippen molar-refractivity contribution in [3.8, 4) is 11.5 Å². The first kappa shape index (κ1) is 19.8. The average Bonchev–Trinajstić information content (AvgIpc) is 3.00. The van der Waals surface area contributed by atoms with Gasteiger partial charge in [0.15, 0.2) is 11.5 Å². The van der Waals surface area contributed by atoms with Crippen LogP contribution in [-0.2, 0) is 17.8 Å². The molecule has 0 spiro atoms. The lowest BCUT2D eigenvalue weighted by atomic mass is 10.0. The lowest BCUT2D eigenvalue weighted by Gasteiger charge is -2.35. The Bertz CT molecular complexity index is 880. The van der Waals surface area contributed by atoms with E-state index in [0.29, 0.717) is 25.3 Å². The highest BCUT2D eigenvalue weighted by atomic mass is 16.5. The van der Waals surface area contributed by atoms with Crippen LogP contribution in [0.3, 0.4) is 0 Å². The SMILES string of the molecule is C[C@@H]1CN(C(=O)c2ccc(COc3cccc4c3OC(C)(C)C4)cc2)C[C@@H](C)O1. The summed E-state index contributed by atoms with van der Waals surface area (Å²) >= 11 is 0. The van der Waals surface area contributed by atoms with Crippen molar-refractivity contribution in [2.24, 2.45) is 0 Å². The van der Waals surface area contributed by atoms with E-state index in [4.69, 9.17) is 14.2 Å². The first-order valence-electron chi connectivity index (χ1n) is 10.3. The molecule has 5 heteroatoms. The molecule has 2 aliphatic heterocycles. The molecule has 154 valence electrons. The third-order valence-corrected chi connectivity index (χ3v) is 5.36. The number of para-hydroxylation sites is 1. The highest BCUT2D eigenvalue weighted by Gasteiger charge is 2.32. The monoisotopic (exact) mass is 395 g/mol. The first-order valence-corrected chi connectivity index (χ1v) is 10.3. The van der Waals surface area contributed by atoms with Crippen LogP contribution in [-0.4, -0.2) is 41.7 Å². The number of carbonyl (C=O) groups excluding carboxylic acids is 1. The number of morpholine rings is 1. The zero-order valence-electron chi connectivity index (χ0n) is 17.6. The van der Waals surface area contributed by atoms with Crippen molar-refractivity contribution in [1.82, 2.24) is 4.90 Å². The summed E-state index contributed by atoms with van der Waals surface area (Å²) in [7, 11) is 0. The maximum atomic E-state index is 12.8. The maximum absolute atomic E-state index is 12.8. The van der Waals surface area contributed by atoms with E-state index in [1.54, 1.807) is 0 Å². The molecule has 5 nitrogen and oxygen atoms in total. The molecule has 2 heterocycles. The Morgan fingerprint density at radius 1 is 1.10 bits per heavy atom. The van der Waals surface area contributed by atoms with Crippen LogP contribution in [0.25, 0.3) is 0 Å². The van der Waals surface area contributed by atoms with Gasteiger partial charge in [0.05, 0.1) is 12.2 Å². The van der Waals surface area contributed by atoms with Crippen LogP contribution in [0.4, 0.5) is 0 Å². The minimum atomic E-state index is -0.196. The molecular weight excluding hydrogens is 366 g/mol. The van der Waals surface area contributed by atoms with Crippen LogP contribution >= 0.6 is 0 Å². The fourth-order valence-electron chi connectivity index (χ4n) is 4.13. The molecular formula is C24H29NO4. The molecule has 0 aromatic heterocycles. The van der Waals surface area contributed by atoms with E-state index < -0.39 is 0 Å². The van der Waals surface area contributed by atoms with Gasteiger partial charge in [-0.2, -0.15) is 0 Å². The quantitative estimate of drug-likeness (QED) is 0.777. The smallest absolute Gasteiger partial charge is 0.254 e. The third-order valence-electron chi connectivity index (χ3n) is 5.36. The molecule has 1 saturated heterocycles. The Labute approximate surface area is 172 Å². The Morgan fingerprint density at radius 2 is 1.79 bits per heavy atom. The second kappa shape index (κ2) is 7.71. The standard InChI is InChI=1S/C24H29NO4/c1-16-13-25(14-17(2)28-16)23(26)19-10-8-18(9-11-19)15-27-21-7-5-6-20-12-24(3,4)29-22(20)21/h5-11,16-17H,12-15H2,1-4H3/t16-,17-/m1/s1. The number of nitrogens with zero attached hydrogens (tertiary/aromatic N) is 1. The number of hydrogen-bond donors (Lipinski definition) is 0. The fraction of sp³-hybridized carbons (Fsp3) is 0.458. The normalized spacial score (nSPS) is 22.7. The van der Waals surface area contributed by atoms with Crippen LogP contribution in [0.2, 0.25) is 0 Å². The zero-order chi connectivity index (χ0) is 20.6. The van der Waals surface area contributed by atoms with Gasteiger partial charge in [0.25, 0.3) is 5.91 Å².